The van der Waals surface area contributed by atoms with Gasteiger partial charge < -0.3 is 23.5 Å². The van der Waals surface area contributed by atoms with Gasteiger partial charge in [-0.05, 0) is 39.6 Å². The number of aryl methyl sites for hydroxylation is 1. The van der Waals surface area contributed by atoms with Crippen LogP contribution in [0.2, 0.25) is 0 Å². The molecule has 1 aliphatic rings. The van der Waals surface area contributed by atoms with Crippen LogP contribution >= 0.6 is 0 Å². The fourth-order valence-corrected chi connectivity index (χ4v) is 6.04. The van der Waals surface area contributed by atoms with Crippen molar-refractivity contribution in [3.05, 3.63) is 72.1 Å². The number of hydrogen-bond acceptors (Lipinski definition) is 7. The second-order valence-electron chi connectivity index (χ2n) is 11.5. The molecule has 0 saturated carbocycles. The summed E-state index contributed by atoms with van der Waals surface area (Å²) >= 11 is 0. The van der Waals surface area contributed by atoms with Crippen LogP contribution < -0.4 is 0 Å². The summed E-state index contributed by atoms with van der Waals surface area (Å²) in [4.78, 5) is 55.9. The number of aldehydes is 1. The lowest BCUT2D eigenvalue weighted by atomic mass is 9.93. The summed E-state index contributed by atoms with van der Waals surface area (Å²) in [6, 6.07) is 15.5. The second-order valence-corrected chi connectivity index (χ2v) is 11.5. The van der Waals surface area contributed by atoms with Gasteiger partial charge in [0.25, 0.3) is 5.91 Å². The monoisotopic (exact) mass is 612 g/mol. The highest BCUT2D eigenvalue weighted by Crippen LogP contribution is 2.37. The largest absolute Gasteiger partial charge is 0.466 e. The van der Waals surface area contributed by atoms with Crippen molar-refractivity contribution in [1.29, 1.82) is 0 Å². The molecule has 0 N–H and O–H groups in total. The minimum Gasteiger partial charge on any atom is -0.466 e. The zero-order chi connectivity index (χ0) is 32.1. The smallest absolute Gasteiger partial charge is 0.306 e. The van der Waals surface area contributed by atoms with Gasteiger partial charge in [0.05, 0.1) is 31.3 Å². The van der Waals surface area contributed by atoms with E-state index in [1.54, 1.807) is 6.92 Å². The molecule has 2 aromatic carbocycles. The molecule has 2 amide bonds. The van der Waals surface area contributed by atoms with Crippen molar-refractivity contribution in [2.45, 2.75) is 45.4 Å². The van der Waals surface area contributed by atoms with Crippen LogP contribution in [-0.4, -0.2) is 90.0 Å². The summed E-state index contributed by atoms with van der Waals surface area (Å²) in [5, 5.41) is 1.60. The number of fused-ring (bicyclic) bond motifs is 10. The topological polar surface area (TPSA) is 103 Å². The molecule has 4 bridgehead atoms. The molecule has 0 fully saturated rings. The number of rotatable bonds is 8. The van der Waals surface area contributed by atoms with E-state index in [2.05, 4.69) is 9.47 Å². The van der Waals surface area contributed by atoms with E-state index in [-0.39, 0.29) is 36.7 Å². The molecule has 0 aliphatic carbocycles. The van der Waals surface area contributed by atoms with E-state index in [0.29, 0.717) is 37.1 Å². The summed E-state index contributed by atoms with van der Waals surface area (Å²) in [5.74, 6) is -1.67. The van der Waals surface area contributed by atoms with E-state index in [1.807, 2.05) is 79.6 Å². The Morgan fingerprint density at radius 3 is 2.18 bits per heavy atom. The Balaban J connectivity index is 1.72. The van der Waals surface area contributed by atoms with Gasteiger partial charge in [-0.3, -0.25) is 24.1 Å². The maximum Gasteiger partial charge on any atom is 0.306 e. The quantitative estimate of drug-likeness (QED) is 0.215. The molecule has 10 heteroatoms. The highest BCUT2D eigenvalue weighted by Gasteiger charge is 2.30. The SMILES string of the molecule is CCOC(=O)CCC(=O)N(C)C(=O)/C1=C(\C=O)c2cn(c3ccccc23)CCOC(CN(C)C)CCn2cc1c1ccccc12. The maximum absolute atomic E-state index is 14.4. The lowest BCUT2D eigenvalue weighted by Crippen LogP contribution is -2.34. The molecule has 4 aromatic rings. The van der Waals surface area contributed by atoms with Gasteiger partial charge in [-0.25, -0.2) is 0 Å². The first-order valence-corrected chi connectivity index (χ1v) is 15.3. The minimum absolute atomic E-state index is 0.0285. The molecule has 0 radical (unpaired) electrons. The molecule has 3 heterocycles. The minimum atomic E-state index is -0.619. The van der Waals surface area contributed by atoms with Crippen LogP contribution in [-0.2, 0) is 41.7 Å². The lowest BCUT2D eigenvalue weighted by molar-refractivity contribution is -0.147. The van der Waals surface area contributed by atoms with Crippen molar-refractivity contribution in [3.63, 3.8) is 0 Å². The first-order valence-electron chi connectivity index (χ1n) is 15.3. The van der Waals surface area contributed by atoms with Crippen LogP contribution in [0.3, 0.4) is 0 Å². The van der Waals surface area contributed by atoms with Crippen molar-refractivity contribution in [2.24, 2.45) is 0 Å². The number of aromatic nitrogens is 2. The van der Waals surface area contributed by atoms with Gasteiger partial charge in [0.15, 0.2) is 6.29 Å². The van der Waals surface area contributed by atoms with Crippen molar-refractivity contribution >= 4 is 57.0 Å². The molecule has 0 saturated heterocycles. The molecule has 1 unspecified atom stereocenters. The fraction of sp³-hybridized carbons (Fsp3) is 0.371. The summed E-state index contributed by atoms with van der Waals surface area (Å²) in [5.41, 5.74) is 3.28. The van der Waals surface area contributed by atoms with Crippen LogP contribution in [0.25, 0.3) is 33.0 Å². The number of amides is 2. The van der Waals surface area contributed by atoms with E-state index in [0.717, 1.165) is 39.7 Å². The molecule has 2 aromatic heterocycles. The van der Waals surface area contributed by atoms with Crippen LogP contribution in [0.15, 0.2) is 60.9 Å². The van der Waals surface area contributed by atoms with E-state index >= 15 is 0 Å². The molecule has 5 rings (SSSR count). The number of likely N-dealkylation sites (N-methyl/N-ethyl adjacent to an activating group) is 2. The second kappa shape index (κ2) is 14.0. The summed E-state index contributed by atoms with van der Waals surface area (Å²) < 4.78 is 15.5. The van der Waals surface area contributed by atoms with Crippen molar-refractivity contribution in [2.75, 3.05) is 40.9 Å². The number of imide groups is 1. The summed E-state index contributed by atoms with van der Waals surface area (Å²) in [7, 11) is 5.44. The molecule has 10 nitrogen and oxygen atoms in total. The molecule has 45 heavy (non-hydrogen) atoms. The van der Waals surface area contributed by atoms with Crippen LogP contribution in [0.1, 0.15) is 37.3 Å². The van der Waals surface area contributed by atoms with Gasteiger partial charge in [0.2, 0.25) is 5.91 Å². The Kier molecular flexibility index (Phi) is 9.95. The Bertz CT molecular complexity index is 1760. The number of esters is 1. The summed E-state index contributed by atoms with van der Waals surface area (Å²) in [6.45, 7) is 4.30. The molecular weight excluding hydrogens is 572 g/mol. The van der Waals surface area contributed by atoms with E-state index < -0.39 is 17.8 Å². The number of carbonyl (C=O) groups is 4. The average Bonchev–Trinajstić information content (AvgIpc) is 3.58. The number of allylic oxidation sites excluding steroid dienone is 1. The Morgan fingerprint density at radius 2 is 1.53 bits per heavy atom. The van der Waals surface area contributed by atoms with Gasteiger partial charge >= 0.3 is 5.97 Å². The zero-order valence-electron chi connectivity index (χ0n) is 26.3. The van der Waals surface area contributed by atoms with Crippen molar-refractivity contribution in [3.8, 4) is 0 Å². The molecule has 1 aliphatic heterocycles. The van der Waals surface area contributed by atoms with Crippen LogP contribution in [0.5, 0.6) is 0 Å². The highest BCUT2D eigenvalue weighted by atomic mass is 16.5. The van der Waals surface area contributed by atoms with Crippen LogP contribution in [0, 0.1) is 0 Å². The third-order valence-electron chi connectivity index (χ3n) is 8.21. The number of carbonyl (C=O) groups excluding carboxylic acids is 4. The van der Waals surface area contributed by atoms with Gasteiger partial charge in [-0.15, -0.1) is 0 Å². The molecular formula is C35H40N4O6. The van der Waals surface area contributed by atoms with Gasteiger partial charge in [-0.1, -0.05) is 36.4 Å². The zero-order valence-corrected chi connectivity index (χ0v) is 26.3. The highest BCUT2D eigenvalue weighted by molar-refractivity contribution is 6.39. The van der Waals surface area contributed by atoms with Crippen molar-refractivity contribution < 1.29 is 28.7 Å². The Labute approximate surface area is 262 Å². The Morgan fingerprint density at radius 1 is 0.911 bits per heavy atom. The number of nitrogens with zero attached hydrogens (tertiary/aromatic N) is 4. The van der Waals surface area contributed by atoms with Crippen LogP contribution in [0.4, 0.5) is 0 Å². The number of ether oxygens (including phenoxy) is 2. The fourth-order valence-electron chi connectivity index (χ4n) is 6.04. The van der Waals surface area contributed by atoms with E-state index in [4.69, 9.17) is 9.47 Å². The third-order valence-corrected chi connectivity index (χ3v) is 8.21. The predicted octanol–water partition coefficient (Wildman–Crippen LogP) is 4.38. The number of hydrogen-bond donors (Lipinski definition) is 0. The first kappa shape index (κ1) is 31.9. The normalized spacial score (nSPS) is 17.3. The first-order chi connectivity index (χ1) is 21.7. The van der Waals surface area contributed by atoms with Gasteiger partial charge in [-0.2, -0.15) is 0 Å². The molecule has 236 valence electrons. The molecule has 1 atom stereocenters. The van der Waals surface area contributed by atoms with E-state index in [1.165, 1.54) is 7.05 Å². The molecule has 0 spiro atoms. The lowest BCUT2D eigenvalue weighted by Gasteiger charge is -2.22. The number of para-hydroxylation sites is 2. The van der Waals surface area contributed by atoms with E-state index in [9.17, 15) is 19.2 Å². The standard InChI is InChI=1S/C35H40N4O6/c1-5-44-33(42)15-14-32(41)37(4)35(43)34-28-22-38(31-13-9-7-11-26(28)31)17-16-24(20-36(2)3)45-19-18-39-21-27(29(34)23-40)25-10-6-8-12-30(25)39/h6-13,21-24H,5,14-20H2,1-4H3/b34-29+. The predicted molar refractivity (Wildman–Crippen MR) is 173 cm³/mol. The van der Waals surface area contributed by atoms with Gasteiger partial charge in [0.1, 0.15) is 0 Å². The van der Waals surface area contributed by atoms with Gasteiger partial charge in [0, 0.05) is 84.0 Å². The Hall–Kier alpha value is -4.54. The average molecular weight is 613 g/mol. The van der Waals surface area contributed by atoms with Crippen molar-refractivity contribution in [1.82, 2.24) is 18.9 Å². The number of benzene rings is 2. The summed E-state index contributed by atoms with van der Waals surface area (Å²) in [6.07, 6.45) is 4.85. The third kappa shape index (κ3) is 6.77. The maximum atomic E-state index is 14.4.